The fourth-order valence-electron chi connectivity index (χ4n) is 1.45. The Kier molecular flexibility index (Phi) is 11.7. The minimum absolute atomic E-state index is 0.179. The molecular formula is C14H24BrFO4. The zero-order chi connectivity index (χ0) is 15.4. The number of hydrogen-bond acceptors (Lipinski definition) is 4. The highest BCUT2D eigenvalue weighted by Gasteiger charge is 2.34. The Morgan fingerprint density at radius 2 is 1.40 bits per heavy atom. The van der Waals surface area contributed by atoms with E-state index in [-0.39, 0.29) is 13.2 Å². The molecule has 0 amide bonds. The second-order valence-electron chi connectivity index (χ2n) is 4.55. The van der Waals surface area contributed by atoms with Gasteiger partial charge >= 0.3 is 11.9 Å². The molecule has 0 aliphatic carbocycles. The van der Waals surface area contributed by atoms with Crippen LogP contribution in [0.4, 0.5) is 4.39 Å². The molecule has 118 valence electrons. The minimum Gasteiger partial charge on any atom is -0.465 e. The first kappa shape index (κ1) is 19.4. The largest absolute Gasteiger partial charge is 0.465 e. The number of hydrogen-bond donors (Lipinski definition) is 0. The summed E-state index contributed by atoms with van der Waals surface area (Å²) in [5.41, 5.74) is 0. The van der Waals surface area contributed by atoms with Gasteiger partial charge in [0.25, 0.3) is 0 Å². The van der Waals surface area contributed by atoms with Crippen LogP contribution < -0.4 is 0 Å². The molecule has 6 heteroatoms. The van der Waals surface area contributed by atoms with Gasteiger partial charge in [0.05, 0.1) is 13.2 Å². The molecule has 0 N–H and O–H groups in total. The molecule has 0 heterocycles. The lowest BCUT2D eigenvalue weighted by Crippen LogP contribution is -2.35. The molecule has 0 saturated carbocycles. The van der Waals surface area contributed by atoms with Crippen molar-refractivity contribution >= 4 is 27.9 Å². The Hall–Kier alpha value is -0.650. The van der Waals surface area contributed by atoms with E-state index in [1.165, 1.54) is 0 Å². The van der Waals surface area contributed by atoms with Crippen LogP contribution in [-0.4, -0.2) is 36.2 Å². The van der Waals surface area contributed by atoms with E-state index >= 15 is 0 Å². The molecule has 0 aliphatic heterocycles. The molecule has 0 unspecified atom stereocenters. The molecular weight excluding hydrogens is 331 g/mol. The van der Waals surface area contributed by atoms with Crippen LogP contribution in [0.1, 0.15) is 52.4 Å². The van der Waals surface area contributed by atoms with Gasteiger partial charge in [-0.1, -0.05) is 55.5 Å². The fraction of sp³-hybridized carbons (Fsp3) is 0.857. The SMILES string of the molecule is CCCCCOC(=O)[C@@H](Br)[C@@H](F)C(=O)OCCCCC. The fourth-order valence-corrected chi connectivity index (χ4v) is 1.80. The highest BCUT2D eigenvalue weighted by Crippen LogP contribution is 2.14. The number of carbonyl (C=O) groups is 2. The zero-order valence-electron chi connectivity index (χ0n) is 12.2. The molecule has 0 aliphatic rings. The second-order valence-corrected chi connectivity index (χ2v) is 5.54. The molecule has 0 aromatic rings. The van der Waals surface area contributed by atoms with E-state index < -0.39 is 22.9 Å². The van der Waals surface area contributed by atoms with Crippen LogP contribution in [0.5, 0.6) is 0 Å². The van der Waals surface area contributed by atoms with Crippen molar-refractivity contribution in [3.63, 3.8) is 0 Å². The first-order chi connectivity index (χ1) is 9.54. The maximum absolute atomic E-state index is 13.7. The van der Waals surface area contributed by atoms with Gasteiger partial charge in [0.1, 0.15) is 0 Å². The van der Waals surface area contributed by atoms with E-state index in [2.05, 4.69) is 15.9 Å². The maximum Gasteiger partial charge on any atom is 0.342 e. The number of halogens is 2. The molecule has 0 spiro atoms. The van der Waals surface area contributed by atoms with Gasteiger partial charge in [0, 0.05) is 0 Å². The standard InChI is InChI=1S/C14H24BrFO4/c1-3-5-7-9-19-13(17)11(15)12(16)14(18)20-10-8-6-4-2/h11-12H,3-10H2,1-2H3/t11-,12+/m0/s1. The summed E-state index contributed by atoms with van der Waals surface area (Å²) in [4.78, 5) is 21.6. The van der Waals surface area contributed by atoms with E-state index in [0.29, 0.717) is 6.42 Å². The summed E-state index contributed by atoms with van der Waals surface area (Å²) in [6.45, 7) is 4.47. The lowest BCUT2D eigenvalue weighted by Gasteiger charge is -2.14. The van der Waals surface area contributed by atoms with Crippen molar-refractivity contribution < 1.29 is 23.5 Å². The summed E-state index contributed by atoms with van der Waals surface area (Å²) < 4.78 is 23.4. The Morgan fingerprint density at radius 3 is 1.85 bits per heavy atom. The summed E-state index contributed by atoms with van der Waals surface area (Å²) >= 11 is 2.85. The highest BCUT2D eigenvalue weighted by molar-refractivity contribution is 9.10. The van der Waals surface area contributed by atoms with Crippen molar-refractivity contribution in [2.45, 2.75) is 63.4 Å². The minimum atomic E-state index is -2.03. The highest BCUT2D eigenvalue weighted by atomic mass is 79.9. The topological polar surface area (TPSA) is 52.6 Å². The monoisotopic (exact) mass is 354 g/mol. The first-order valence-electron chi connectivity index (χ1n) is 7.16. The van der Waals surface area contributed by atoms with Gasteiger partial charge in [-0.25, -0.2) is 9.18 Å². The summed E-state index contributed by atoms with van der Waals surface area (Å²) in [7, 11) is 0. The van der Waals surface area contributed by atoms with Gasteiger partial charge < -0.3 is 9.47 Å². The van der Waals surface area contributed by atoms with Gasteiger partial charge in [-0.05, 0) is 12.8 Å². The molecule has 0 saturated heterocycles. The van der Waals surface area contributed by atoms with Crippen molar-refractivity contribution in [2.75, 3.05) is 13.2 Å². The van der Waals surface area contributed by atoms with Crippen LogP contribution in [0.2, 0.25) is 0 Å². The molecule has 2 atom stereocenters. The third kappa shape index (κ3) is 8.51. The predicted molar refractivity (Wildman–Crippen MR) is 78.6 cm³/mol. The predicted octanol–water partition coefficient (Wildman–Crippen LogP) is 3.55. The molecule has 0 rings (SSSR count). The quantitative estimate of drug-likeness (QED) is 0.323. The Labute approximate surface area is 128 Å². The molecule has 0 radical (unpaired) electrons. The van der Waals surface area contributed by atoms with Crippen LogP contribution in [-0.2, 0) is 19.1 Å². The van der Waals surface area contributed by atoms with Gasteiger partial charge in [0.15, 0.2) is 4.83 Å². The van der Waals surface area contributed by atoms with Crippen molar-refractivity contribution in [2.24, 2.45) is 0 Å². The van der Waals surface area contributed by atoms with E-state index in [1.807, 2.05) is 13.8 Å². The molecule has 4 nitrogen and oxygen atoms in total. The average molecular weight is 355 g/mol. The van der Waals surface area contributed by atoms with Crippen LogP contribution in [0, 0.1) is 0 Å². The van der Waals surface area contributed by atoms with Crippen LogP contribution in [0.15, 0.2) is 0 Å². The van der Waals surface area contributed by atoms with Crippen LogP contribution >= 0.6 is 15.9 Å². The van der Waals surface area contributed by atoms with E-state index in [1.54, 1.807) is 0 Å². The third-order valence-corrected chi connectivity index (χ3v) is 3.53. The number of ether oxygens (including phenoxy) is 2. The summed E-state index contributed by atoms with van der Waals surface area (Å²) in [5, 5.41) is 0. The number of alkyl halides is 2. The summed E-state index contributed by atoms with van der Waals surface area (Å²) in [5.74, 6) is -1.78. The van der Waals surface area contributed by atoms with E-state index in [4.69, 9.17) is 9.47 Å². The Morgan fingerprint density at radius 1 is 0.950 bits per heavy atom. The molecule has 0 aromatic heterocycles. The number of unbranched alkanes of at least 4 members (excludes halogenated alkanes) is 4. The number of carbonyl (C=O) groups excluding carboxylic acids is 2. The normalized spacial score (nSPS) is 13.6. The van der Waals surface area contributed by atoms with E-state index in [0.717, 1.165) is 32.1 Å². The summed E-state index contributed by atoms with van der Waals surface area (Å²) in [6.07, 6.45) is 3.26. The van der Waals surface area contributed by atoms with Gasteiger partial charge in [-0.2, -0.15) is 0 Å². The first-order valence-corrected chi connectivity index (χ1v) is 8.07. The zero-order valence-corrected chi connectivity index (χ0v) is 13.8. The maximum atomic E-state index is 13.7. The Balaban J connectivity index is 3.95. The number of esters is 2. The van der Waals surface area contributed by atoms with Crippen LogP contribution in [0.25, 0.3) is 0 Å². The van der Waals surface area contributed by atoms with Gasteiger partial charge in [0.2, 0.25) is 6.17 Å². The van der Waals surface area contributed by atoms with Gasteiger partial charge in [-0.15, -0.1) is 0 Å². The Bertz CT molecular complexity index is 258. The summed E-state index contributed by atoms with van der Waals surface area (Å²) in [6, 6.07) is 0. The van der Waals surface area contributed by atoms with Crippen molar-refractivity contribution in [3.05, 3.63) is 0 Å². The molecule has 0 bridgehead atoms. The molecule has 0 aromatic carbocycles. The lowest BCUT2D eigenvalue weighted by atomic mass is 10.2. The van der Waals surface area contributed by atoms with Crippen molar-refractivity contribution in [3.8, 4) is 0 Å². The van der Waals surface area contributed by atoms with E-state index in [9.17, 15) is 14.0 Å². The lowest BCUT2D eigenvalue weighted by molar-refractivity contribution is -0.155. The van der Waals surface area contributed by atoms with Crippen LogP contribution in [0.3, 0.4) is 0 Å². The molecule has 20 heavy (non-hydrogen) atoms. The second kappa shape index (κ2) is 12.1. The van der Waals surface area contributed by atoms with Crippen molar-refractivity contribution in [1.29, 1.82) is 0 Å². The smallest absolute Gasteiger partial charge is 0.342 e. The average Bonchev–Trinajstić information content (AvgIpc) is 2.46. The number of rotatable bonds is 11. The van der Waals surface area contributed by atoms with Crippen molar-refractivity contribution in [1.82, 2.24) is 0 Å². The third-order valence-electron chi connectivity index (χ3n) is 2.69. The van der Waals surface area contributed by atoms with Gasteiger partial charge in [-0.3, -0.25) is 4.79 Å². The molecule has 0 fully saturated rings.